The maximum atomic E-state index is 13.8. The number of hydrogen-bond donors (Lipinski definition) is 3. The fourth-order valence-electron chi connectivity index (χ4n) is 5.80. The number of carboxylic acids is 1. The zero-order valence-electron chi connectivity index (χ0n) is 24.1. The van der Waals surface area contributed by atoms with Crippen LogP contribution in [-0.4, -0.2) is 55.1 Å². The van der Waals surface area contributed by atoms with E-state index >= 15 is 0 Å². The van der Waals surface area contributed by atoms with Crippen molar-refractivity contribution in [3.63, 3.8) is 0 Å². The Bertz CT molecular complexity index is 1630. The molecule has 0 bridgehead atoms. The molecule has 0 radical (unpaired) electrons. The highest BCUT2D eigenvalue weighted by atomic mass is 16.5. The van der Waals surface area contributed by atoms with E-state index < -0.39 is 23.9 Å². The molecule has 1 aliphatic heterocycles. The number of nitrogens with zero attached hydrogens (tertiary/aromatic N) is 1. The molecule has 0 aromatic heterocycles. The highest BCUT2D eigenvalue weighted by Gasteiger charge is 2.44. The van der Waals surface area contributed by atoms with Crippen molar-refractivity contribution in [2.45, 2.75) is 37.6 Å². The summed E-state index contributed by atoms with van der Waals surface area (Å²) in [5.41, 5.74) is 4.37. The van der Waals surface area contributed by atoms with Crippen molar-refractivity contribution < 1.29 is 43.8 Å². The van der Waals surface area contributed by atoms with E-state index in [-0.39, 0.29) is 24.5 Å². The maximum absolute atomic E-state index is 13.8. The fourth-order valence-corrected chi connectivity index (χ4v) is 5.80. The van der Waals surface area contributed by atoms with Crippen LogP contribution in [0.3, 0.4) is 0 Å². The lowest BCUT2D eigenvalue weighted by Gasteiger charge is -2.34. The number of aliphatic hydroxyl groups is 1. The molecule has 0 spiro atoms. The molecule has 1 aliphatic carbocycles. The average molecular weight is 586 g/mol. The lowest BCUT2D eigenvalue weighted by Crippen LogP contribution is -2.67. The summed E-state index contributed by atoms with van der Waals surface area (Å²) in [4.78, 5) is 42.5. The Balaban J connectivity index is 1.68. The van der Waals surface area contributed by atoms with Gasteiger partial charge in [0.05, 0.1) is 44.9 Å². The Morgan fingerprint density at radius 3 is 2.26 bits per heavy atom. The van der Waals surface area contributed by atoms with Crippen LogP contribution < -0.4 is 19.4 Å². The van der Waals surface area contributed by atoms with Crippen LogP contribution in [0.5, 0.6) is 11.5 Å². The molecule has 2 unspecified atom stereocenters. The number of hydrogen-bond acceptors (Lipinski definition) is 7. The number of carbonyl (C=O) groups excluding carboxylic acids is 2. The zero-order chi connectivity index (χ0) is 30.7. The smallest absolute Gasteiger partial charge is 0.337 e. The van der Waals surface area contributed by atoms with Crippen molar-refractivity contribution in [3.05, 3.63) is 94.8 Å². The highest BCUT2D eigenvalue weighted by molar-refractivity contribution is 6.06. The van der Waals surface area contributed by atoms with Crippen LogP contribution in [0, 0.1) is 0 Å². The first kappa shape index (κ1) is 29.4. The first-order chi connectivity index (χ1) is 20.7. The Kier molecular flexibility index (Phi) is 8.47. The second-order valence-corrected chi connectivity index (χ2v) is 10.4. The monoisotopic (exact) mass is 585 g/mol. The van der Waals surface area contributed by atoms with Gasteiger partial charge in [0.15, 0.2) is 17.2 Å². The molecule has 0 saturated carbocycles. The van der Waals surface area contributed by atoms with Crippen molar-refractivity contribution in [3.8, 4) is 11.5 Å². The molecule has 43 heavy (non-hydrogen) atoms. The molecule has 1 amide bonds. The summed E-state index contributed by atoms with van der Waals surface area (Å²) in [7, 11) is 4.44. The number of fused-ring (bicyclic) bond motifs is 2. The van der Waals surface area contributed by atoms with Crippen LogP contribution in [0.25, 0.3) is 0 Å². The van der Waals surface area contributed by atoms with Crippen molar-refractivity contribution in [2.24, 2.45) is 0 Å². The molecule has 3 N–H and O–H groups in total. The quantitative estimate of drug-likeness (QED) is 0.338. The van der Waals surface area contributed by atoms with Gasteiger partial charge in [-0.15, -0.1) is 0 Å². The topological polar surface area (TPSA) is 137 Å². The summed E-state index contributed by atoms with van der Waals surface area (Å²) in [6, 6.07) is 18.8. The second-order valence-electron chi connectivity index (χ2n) is 10.4. The van der Waals surface area contributed by atoms with Crippen LogP contribution in [0.15, 0.2) is 78.1 Å². The number of para-hydroxylation sites is 2. The Morgan fingerprint density at radius 2 is 1.58 bits per heavy atom. The summed E-state index contributed by atoms with van der Waals surface area (Å²) >= 11 is 0. The molecular formula is C33H33N2O8+. The third-order valence-electron chi connectivity index (χ3n) is 7.86. The molecule has 10 nitrogen and oxygen atoms in total. The number of allylic oxidation sites excluding steroid dienone is 1. The van der Waals surface area contributed by atoms with Gasteiger partial charge in [-0.05, 0) is 41.5 Å². The van der Waals surface area contributed by atoms with Crippen LogP contribution >= 0.6 is 0 Å². The fraction of sp³-hybridized carbons (Fsp3) is 0.273. The highest BCUT2D eigenvalue weighted by Crippen LogP contribution is 2.45. The van der Waals surface area contributed by atoms with Gasteiger partial charge >= 0.3 is 11.9 Å². The minimum absolute atomic E-state index is 0.0967. The van der Waals surface area contributed by atoms with Gasteiger partial charge in [-0.3, -0.25) is 14.5 Å². The van der Waals surface area contributed by atoms with E-state index in [1.54, 1.807) is 55.5 Å². The van der Waals surface area contributed by atoms with Gasteiger partial charge in [-0.2, -0.15) is 0 Å². The maximum Gasteiger partial charge on any atom is 0.337 e. The summed E-state index contributed by atoms with van der Waals surface area (Å²) in [6.07, 6.45) is 0.220. The van der Waals surface area contributed by atoms with E-state index in [2.05, 4.69) is 4.99 Å². The van der Waals surface area contributed by atoms with E-state index in [9.17, 15) is 24.6 Å². The summed E-state index contributed by atoms with van der Waals surface area (Å²) in [6.45, 7) is 0. The third-order valence-corrected chi connectivity index (χ3v) is 7.86. The predicted molar refractivity (Wildman–Crippen MR) is 158 cm³/mol. The van der Waals surface area contributed by atoms with Crippen molar-refractivity contribution in [2.75, 3.05) is 26.2 Å². The van der Waals surface area contributed by atoms with Crippen molar-refractivity contribution in [1.29, 1.82) is 0 Å². The van der Waals surface area contributed by atoms with Crippen molar-refractivity contribution >= 4 is 34.9 Å². The molecule has 2 aliphatic rings. The van der Waals surface area contributed by atoms with E-state index in [0.717, 1.165) is 11.3 Å². The molecule has 222 valence electrons. The lowest BCUT2D eigenvalue weighted by atomic mass is 9.78. The molecule has 0 fully saturated rings. The Morgan fingerprint density at radius 1 is 0.884 bits per heavy atom. The summed E-state index contributed by atoms with van der Waals surface area (Å²) in [5.74, 6) is -0.840. The van der Waals surface area contributed by atoms with Crippen LogP contribution in [0.1, 0.15) is 59.1 Å². The molecular weight excluding hydrogens is 552 g/mol. The van der Waals surface area contributed by atoms with E-state index in [4.69, 9.17) is 14.2 Å². The number of amides is 1. The van der Waals surface area contributed by atoms with Gasteiger partial charge in [0.1, 0.15) is 11.4 Å². The number of benzene rings is 3. The first-order valence-electron chi connectivity index (χ1n) is 13.8. The van der Waals surface area contributed by atoms with Crippen molar-refractivity contribution in [1.82, 2.24) is 0 Å². The van der Waals surface area contributed by atoms with E-state index in [1.165, 1.54) is 7.11 Å². The number of anilines is 1. The number of aliphatic carboxylic acids is 1. The number of methoxy groups -OCH3 is 3. The Hall–Kier alpha value is -5.12. The number of rotatable bonds is 8. The van der Waals surface area contributed by atoms with Crippen LogP contribution in [0.2, 0.25) is 0 Å². The predicted octanol–water partition coefficient (Wildman–Crippen LogP) is 3.99. The number of nitrogens with one attached hydrogen (secondary N) is 1. The van der Waals surface area contributed by atoms with Crippen LogP contribution in [0.4, 0.5) is 11.4 Å². The molecule has 1 heterocycles. The number of carbonyl (C=O) groups is 3. The Labute approximate surface area is 248 Å². The minimum atomic E-state index is -1.08. The lowest BCUT2D eigenvalue weighted by molar-refractivity contribution is -0.354. The second kappa shape index (κ2) is 12.4. The summed E-state index contributed by atoms with van der Waals surface area (Å²) < 4.78 is 15.8. The molecule has 3 aromatic carbocycles. The largest absolute Gasteiger partial charge is 0.512 e. The normalized spacial score (nSPS) is 17.7. The SMILES string of the molecule is COC(=O)c1ccc(C2C3=C(O)CC(c4ccc(OC)c(OC)c4)CC3=[NH+]c3ccccc3N2C(=O)CCC(=O)O)cc1. The first-order valence-corrected chi connectivity index (χ1v) is 13.8. The van der Waals surface area contributed by atoms with Gasteiger partial charge in [0.2, 0.25) is 11.6 Å². The third kappa shape index (κ3) is 5.81. The number of aliphatic hydroxyl groups excluding tert-OH is 1. The van der Waals surface area contributed by atoms with Gasteiger partial charge < -0.3 is 24.4 Å². The van der Waals surface area contributed by atoms with Crippen LogP contribution in [-0.2, 0) is 14.3 Å². The number of esters is 1. The number of ether oxygens (including phenoxy) is 3. The molecule has 2 atom stereocenters. The molecule has 3 aromatic rings. The standard InChI is InChI=1S/C33H32N2O8/c1-41-27-13-12-21(18-28(27)42-2)22-16-24-31(26(36)17-22)32(19-8-10-20(11-9-19)33(40)43-3)35(29(37)14-15-30(38)39)25-7-5-4-6-23(25)34-24/h4-13,18,22,32,36H,14-17H2,1-3H3,(H,38,39)/p+1. The number of carboxylic acid groups (broad SMARTS) is 1. The molecule has 5 rings (SSSR count). The average Bonchev–Trinajstić information content (AvgIpc) is 3.17. The van der Waals surface area contributed by atoms with Gasteiger partial charge in [-0.25, -0.2) is 9.79 Å². The van der Waals surface area contributed by atoms with Gasteiger partial charge in [0, 0.05) is 31.2 Å². The van der Waals surface area contributed by atoms with E-state index in [0.29, 0.717) is 52.4 Å². The summed E-state index contributed by atoms with van der Waals surface area (Å²) in [5, 5.41) is 21.1. The van der Waals surface area contributed by atoms with E-state index in [1.807, 2.05) is 30.3 Å². The zero-order valence-corrected chi connectivity index (χ0v) is 24.1. The molecule has 0 saturated heterocycles. The molecule has 10 heteroatoms. The van der Waals surface area contributed by atoms with Gasteiger partial charge in [0.25, 0.3) is 0 Å². The minimum Gasteiger partial charge on any atom is -0.512 e. The van der Waals surface area contributed by atoms with Gasteiger partial charge in [-0.1, -0.05) is 30.3 Å².